The van der Waals surface area contributed by atoms with Crippen molar-refractivity contribution < 1.29 is 22.5 Å². The van der Waals surface area contributed by atoms with Gasteiger partial charge in [-0.2, -0.15) is 4.58 Å². The highest BCUT2D eigenvalue weighted by atomic mass is 19.3. The normalized spacial score (nSPS) is 24.6. The molecule has 2 aliphatic heterocycles. The Morgan fingerprint density at radius 2 is 2.16 bits per heavy atom. The van der Waals surface area contributed by atoms with Crippen LogP contribution >= 0.6 is 0 Å². The fraction of sp³-hybridized carbons (Fsp3) is 0.0833. The second-order valence-electron chi connectivity index (χ2n) is 4.23. The summed E-state index contributed by atoms with van der Waals surface area (Å²) in [6.07, 6.45) is 8.32. The summed E-state index contributed by atoms with van der Waals surface area (Å²) >= 11 is 0. The number of hydrogen-bond donors (Lipinski definition) is 1. The maximum atomic E-state index is 13.6. The Kier molecular flexibility index (Phi) is 2.55. The van der Waals surface area contributed by atoms with Crippen LogP contribution < -0.4 is 0 Å². The number of H-pyrrole nitrogens is 1. The van der Waals surface area contributed by atoms with Crippen LogP contribution in [0.1, 0.15) is 5.69 Å². The number of nitrogens with zero attached hydrogens (tertiary/aromatic N) is 1. The van der Waals surface area contributed by atoms with E-state index < -0.39 is 7.11 Å². The van der Waals surface area contributed by atoms with Crippen LogP contribution in [-0.2, 0) is 9.31 Å². The lowest BCUT2D eigenvalue weighted by Gasteiger charge is -2.33. The molecule has 3 rings (SSSR count). The van der Waals surface area contributed by atoms with Crippen LogP contribution in [0, 0.1) is 0 Å². The highest BCUT2D eigenvalue weighted by Gasteiger charge is 2.40. The van der Waals surface area contributed by atoms with Crippen molar-refractivity contribution >= 4 is 19.1 Å². The van der Waals surface area contributed by atoms with Gasteiger partial charge in [0.1, 0.15) is 12.8 Å². The minimum absolute atomic E-state index is 0.0671. The number of allylic oxidation sites excluding steroid dienone is 3. The molecule has 98 valence electrons. The third-order valence-corrected chi connectivity index (χ3v) is 2.85. The van der Waals surface area contributed by atoms with Crippen molar-refractivity contribution in [2.45, 2.75) is 0 Å². The van der Waals surface area contributed by atoms with Crippen LogP contribution in [0.5, 0.6) is 0 Å². The molecule has 19 heavy (non-hydrogen) atoms. The zero-order valence-corrected chi connectivity index (χ0v) is 10.1. The molecular formula is C12H11BF2N2O2. The molecule has 1 aromatic rings. The molecule has 1 aromatic heterocycles. The lowest BCUT2D eigenvalue weighted by atomic mass is 10.1. The van der Waals surface area contributed by atoms with Gasteiger partial charge in [0.25, 0.3) is 0 Å². The van der Waals surface area contributed by atoms with Crippen molar-refractivity contribution in [2.24, 2.45) is 0 Å². The smallest absolute Gasteiger partial charge is 0.626 e. The van der Waals surface area contributed by atoms with Crippen molar-refractivity contribution in [2.75, 3.05) is 7.05 Å². The monoisotopic (exact) mass is 264 g/mol. The first-order valence-corrected chi connectivity index (χ1v) is 5.77. The molecule has 0 aromatic carbocycles. The zero-order valence-electron chi connectivity index (χ0n) is 10.1. The lowest BCUT2D eigenvalue weighted by molar-refractivity contribution is -0.431. The number of halogens is 2. The fourth-order valence-corrected chi connectivity index (χ4v) is 1.98. The Balaban J connectivity index is 2.09. The summed E-state index contributed by atoms with van der Waals surface area (Å²) in [4.78, 5) is 2.83. The number of nitrogens with one attached hydrogen (secondary N) is 1. The number of aromatic nitrogens is 1. The van der Waals surface area contributed by atoms with E-state index in [0.29, 0.717) is 11.4 Å². The van der Waals surface area contributed by atoms with E-state index in [0.717, 1.165) is 0 Å². The van der Waals surface area contributed by atoms with E-state index in [2.05, 4.69) is 14.3 Å². The summed E-state index contributed by atoms with van der Waals surface area (Å²) in [5.41, 5.74) is 1.05. The molecule has 2 aliphatic rings. The third-order valence-electron chi connectivity index (χ3n) is 2.85. The molecule has 0 saturated carbocycles. The van der Waals surface area contributed by atoms with Crippen LogP contribution in [0.15, 0.2) is 48.0 Å². The Hall–Kier alpha value is -2.31. The van der Waals surface area contributed by atoms with Crippen LogP contribution in [-0.4, -0.2) is 29.9 Å². The first-order chi connectivity index (χ1) is 9.05. The minimum atomic E-state index is -4.36. The average molecular weight is 264 g/mol. The van der Waals surface area contributed by atoms with Crippen LogP contribution in [0.2, 0.25) is 0 Å². The molecular weight excluding hydrogens is 253 g/mol. The number of likely N-dealkylation sites (N-methyl/N-ethyl adjacent to an activating group) is 1. The summed E-state index contributed by atoms with van der Waals surface area (Å²) in [6.45, 7) is 0. The van der Waals surface area contributed by atoms with Gasteiger partial charge in [-0.3, -0.25) is 0 Å². The molecule has 4 nitrogen and oxygen atoms in total. The van der Waals surface area contributed by atoms with E-state index in [1.54, 1.807) is 48.3 Å². The third kappa shape index (κ3) is 2.19. The van der Waals surface area contributed by atoms with E-state index in [9.17, 15) is 8.63 Å². The van der Waals surface area contributed by atoms with Gasteiger partial charge in [0.15, 0.2) is 12.0 Å². The average Bonchev–Trinajstić information content (AvgIpc) is 2.96. The largest absolute Gasteiger partial charge is 0.726 e. The van der Waals surface area contributed by atoms with Gasteiger partial charge >= 0.3 is 7.11 Å². The molecule has 0 spiro atoms. The molecule has 0 bridgehead atoms. The van der Waals surface area contributed by atoms with Crippen molar-refractivity contribution in [3.8, 4) is 0 Å². The van der Waals surface area contributed by atoms with Gasteiger partial charge in [-0.25, -0.2) is 0 Å². The molecule has 0 fully saturated rings. The van der Waals surface area contributed by atoms with Crippen LogP contribution in [0.4, 0.5) is 8.63 Å². The predicted molar refractivity (Wildman–Crippen MR) is 67.3 cm³/mol. The van der Waals surface area contributed by atoms with Gasteiger partial charge in [-0.05, 0) is 12.1 Å². The van der Waals surface area contributed by atoms with Crippen molar-refractivity contribution in [1.82, 2.24) is 4.98 Å². The van der Waals surface area contributed by atoms with E-state index >= 15 is 0 Å². The number of rotatable bonds is 1. The predicted octanol–water partition coefficient (Wildman–Crippen LogP) is 2.27. The standard InChI is InChI=1S/C12H10BF2N2O2/c1-17-7-3-5-10(17)12-8-11(9-4-2-6-16-9)18-13(14,15)19-12/h2-8H,1H3/q-1/p+1. The molecule has 3 heterocycles. The summed E-state index contributed by atoms with van der Waals surface area (Å²) in [5.74, 6) is 0.158. The van der Waals surface area contributed by atoms with Gasteiger partial charge in [-0.15, -0.1) is 0 Å². The van der Waals surface area contributed by atoms with Gasteiger partial charge < -0.3 is 22.9 Å². The Morgan fingerprint density at radius 3 is 2.79 bits per heavy atom. The first kappa shape index (κ1) is 11.8. The SMILES string of the molecule is C[N+]1=CC=C/C1=C1\C=C(c2ccc[nH]2)O[B-](F)(F)O1. The fourth-order valence-electron chi connectivity index (χ4n) is 1.98. The van der Waals surface area contributed by atoms with Crippen molar-refractivity contribution in [1.29, 1.82) is 0 Å². The highest BCUT2D eigenvalue weighted by Crippen LogP contribution is 2.33. The summed E-state index contributed by atoms with van der Waals surface area (Å²) < 4.78 is 38.0. The second kappa shape index (κ2) is 4.12. The first-order valence-electron chi connectivity index (χ1n) is 5.77. The minimum Gasteiger partial charge on any atom is -0.626 e. The molecule has 0 unspecified atom stereocenters. The van der Waals surface area contributed by atoms with Crippen LogP contribution in [0.3, 0.4) is 0 Å². The summed E-state index contributed by atoms with van der Waals surface area (Å²) in [6, 6.07) is 3.37. The maximum absolute atomic E-state index is 13.6. The molecule has 0 atom stereocenters. The van der Waals surface area contributed by atoms with E-state index in [1.807, 2.05) is 0 Å². The van der Waals surface area contributed by atoms with E-state index in [4.69, 9.17) is 0 Å². The molecule has 0 aliphatic carbocycles. The van der Waals surface area contributed by atoms with E-state index in [1.165, 1.54) is 6.08 Å². The molecule has 0 amide bonds. The quantitative estimate of drug-likeness (QED) is 0.624. The number of aromatic amines is 1. The second-order valence-corrected chi connectivity index (χ2v) is 4.23. The summed E-state index contributed by atoms with van der Waals surface area (Å²) in [5, 5.41) is 0. The van der Waals surface area contributed by atoms with Gasteiger partial charge in [0.2, 0.25) is 5.70 Å². The van der Waals surface area contributed by atoms with Gasteiger partial charge in [-0.1, -0.05) is 0 Å². The van der Waals surface area contributed by atoms with Gasteiger partial charge in [0, 0.05) is 24.4 Å². The van der Waals surface area contributed by atoms with Gasteiger partial charge in [0.05, 0.1) is 5.69 Å². The Bertz CT molecular complexity index is 630. The lowest BCUT2D eigenvalue weighted by Crippen LogP contribution is -2.34. The van der Waals surface area contributed by atoms with Crippen LogP contribution in [0.25, 0.3) is 5.76 Å². The van der Waals surface area contributed by atoms with E-state index in [-0.39, 0.29) is 11.5 Å². The summed E-state index contributed by atoms with van der Waals surface area (Å²) in [7, 11) is -2.60. The van der Waals surface area contributed by atoms with Crippen molar-refractivity contribution in [3.63, 3.8) is 0 Å². The topological polar surface area (TPSA) is 37.3 Å². The molecule has 0 radical (unpaired) electrons. The Morgan fingerprint density at radius 1 is 1.32 bits per heavy atom. The van der Waals surface area contributed by atoms with Crippen molar-refractivity contribution in [3.05, 3.63) is 53.7 Å². The Labute approximate surface area is 108 Å². The molecule has 1 N–H and O–H groups in total. The maximum Gasteiger partial charge on any atom is 0.726 e. The zero-order chi connectivity index (χ0) is 13.5. The molecule has 0 saturated heterocycles. The highest BCUT2D eigenvalue weighted by molar-refractivity contribution is 6.53. The molecule has 7 heteroatoms. The number of hydrogen-bond acceptors (Lipinski definition) is 2.